The number of aliphatic hydroxyl groups excluding tert-OH is 1. The Labute approximate surface area is 91.5 Å². The first-order valence-electron chi connectivity index (χ1n) is 5.35. The summed E-state index contributed by atoms with van der Waals surface area (Å²) in [6.45, 7) is 9.44. The van der Waals surface area contributed by atoms with E-state index in [1.165, 1.54) is 0 Å². The topological polar surface area (TPSA) is 45.4 Å². The number of nitrogens with one attached hydrogen (secondary N) is 1. The van der Waals surface area contributed by atoms with Gasteiger partial charge in [0.25, 0.3) is 0 Å². The molecule has 1 rings (SSSR count). The number of hydrogen-bond donors (Lipinski definition) is 2. The predicted molar refractivity (Wildman–Crippen MR) is 60.4 cm³/mol. The lowest BCUT2D eigenvalue weighted by atomic mass is 9.88. The molecule has 0 aliphatic heterocycles. The second-order valence-electron chi connectivity index (χ2n) is 4.99. The van der Waals surface area contributed by atoms with Crippen LogP contribution >= 0.6 is 0 Å². The molecule has 0 radical (unpaired) electrons. The molecular weight excluding hydrogens is 190 g/mol. The molecule has 0 spiro atoms. The third-order valence-corrected chi connectivity index (χ3v) is 2.75. The summed E-state index contributed by atoms with van der Waals surface area (Å²) in [4.78, 5) is 0. The highest BCUT2D eigenvalue weighted by Gasteiger charge is 2.19. The quantitative estimate of drug-likeness (QED) is 0.803. The average Bonchev–Trinajstić information content (AvgIpc) is 2.60. The Bertz CT molecular complexity index is 299. The molecule has 0 saturated carbocycles. The van der Waals surface area contributed by atoms with Crippen LogP contribution in [0.5, 0.6) is 0 Å². The van der Waals surface area contributed by atoms with E-state index in [9.17, 15) is 0 Å². The van der Waals surface area contributed by atoms with Crippen LogP contribution in [-0.2, 0) is 13.2 Å². The van der Waals surface area contributed by atoms with Gasteiger partial charge >= 0.3 is 0 Å². The molecule has 0 aliphatic carbocycles. The molecule has 2 N–H and O–H groups in total. The van der Waals surface area contributed by atoms with Crippen LogP contribution in [0.1, 0.15) is 39.2 Å². The molecule has 1 aromatic rings. The standard InChI is InChI=1S/C12H21NO2/c1-9(12(2,3)4)13-7-10-5-6-11(8-14)15-10/h5-6,9,13-14H,7-8H2,1-4H3. The summed E-state index contributed by atoms with van der Waals surface area (Å²) in [7, 11) is 0. The van der Waals surface area contributed by atoms with Crippen LogP contribution < -0.4 is 5.32 Å². The van der Waals surface area contributed by atoms with Crippen LogP contribution in [0.4, 0.5) is 0 Å². The lowest BCUT2D eigenvalue weighted by Gasteiger charge is -2.27. The molecule has 15 heavy (non-hydrogen) atoms. The first kappa shape index (κ1) is 12.3. The van der Waals surface area contributed by atoms with Gasteiger partial charge in [-0.2, -0.15) is 0 Å². The molecule has 1 unspecified atom stereocenters. The summed E-state index contributed by atoms with van der Waals surface area (Å²) < 4.78 is 5.38. The van der Waals surface area contributed by atoms with E-state index in [0.29, 0.717) is 18.3 Å². The molecule has 3 heteroatoms. The van der Waals surface area contributed by atoms with Gasteiger partial charge in [-0.15, -0.1) is 0 Å². The minimum atomic E-state index is -0.0329. The highest BCUT2D eigenvalue weighted by Crippen LogP contribution is 2.19. The number of rotatable bonds is 4. The molecule has 1 atom stereocenters. The van der Waals surface area contributed by atoms with Crippen molar-refractivity contribution >= 4 is 0 Å². The van der Waals surface area contributed by atoms with Crippen molar-refractivity contribution in [2.75, 3.05) is 0 Å². The largest absolute Gasteiger partial charge is 0.462 e. The Balaban J connectivity index is 2.43. The average molecular weight is 211 g/mol. The van der Waals surface area contributed by atoms with Crippen LogP contribution in [0.2, 0.25) is 0 Å². The summed E-state index contributed by atoms with van der Waals surface area (Å²) in [6.07, 6.45) is 0. The van der Waals surface area contributed by atoms with E-state index in [2.05, 4.69) is 33.0 Å². The van der Waals surface area contributed by atoms with Crippen molar-refractivity contribution in [2.24, 2.45) is 5.41 Å². The van der Waals surface area contributed by atoms with Crippen molar-refractivity contribution in [3.8, 4) is 0 Å². The molecule has 86 valence electrons. The molecule has 3 nitrogen and oxygen atoms in total. The van der Waals surface area contributed by atoms with Crippen LogP contribution in [0, 0.1) is 5.41 Å². The Hall–Kier alpha value is -0.800. The molecular formula is C12H21NO2. The highest BCUT2D eigenvalue weighted by atomic mass is 16.4. The lowest BCUT2D eigenvalue weighted by molar-refractivity contribution is 0.238. The summed E-state index contributed by atoms with van der Waals surface area (Å²) in [5.74, 6) is 1.49. The van der Waals surface area contributed by atoms with E-state index in [4.69, 9.17) is 9.52 Å². The summed E-state index contributed by atoms with van der Waals surface area (Å²) in [6, 6.07) is 4.12. The normalized spacial score (nSPS) is 14.2. The van der Waals surface area contributed by atoms with E-state index in [1.807, 2.05) is 6.07 Å². The minimum absolute atomic E-state index is 0.0329. The Morgan fingerprint density at radius 1 is 1.33 bits per heavy atom. The molecule has 0 amide bonds. The van der Waals surface area contributed by atoms with Gasteiger partial charge in [-0.1, -0.05) is 20.8 Å². The third kappa shape index (κ3) is 3.68. The van der Waals surface area contributed by atoms with Gasteiger partial charge in [0.05, 0.1) is 6.54 Å². The van der Waals surface area contributed by atoms with E-state index in [0.717, 1.165) is 5.76 Å². The van der Waals surface area contributed by atoms with Gasteiger partial charge in [-0.3, -0.25) is 0 Å². The van der Waals surface area contributed by atoms with E-state index in [-0.39, 0.29) is 12.0 Å². The zero-order valence-corrected chi connectivity index (χ0v) is 10.0. The Kier molecular flexibility index (Phi) is 3.94. The van der Waals surface area contributed by atoms with Gasteiger partial charge in [0.1, 0.15) is 18.1 Å². The van der Waals surface area contributed by atoms with Crippen LogP contribution in [0.25, 0.3) is 0 Å². The van der Waals surface area contributed by atoms with Crippen molar-refractivity contribution in [1.29, 1.82) is 0 Å². The van der Waals surface area contributed by atoms with E-state index >= 15 is 0 Å². The van der Waals surface area contributed by atoms with Gasteiger partial charge in [0, 0.05) is 6.04 Å². The van der Waals surface area contributed by atoms with Gasteiger partial charge < -0.3 is 14.8 Å². The predicted octanol–water partition coefficient (Wildman–Crippen LogP) is 2.30. The molecule has 0 aliphatic rings. The fourth-order valence-electron chi connectivity index (χ4n) is 1.16. The third-order valence-electron chi connectivity index (χ3n) is 2.75. The summed E-state index contributed by atoms with van der Waals surface area (Å²) >= 11 is 0. The van der Waals surface area contributed by atoms with Crippen LogP contribution in [0.15, 0.2) is 16.5 Å². The Morgan fingerprint density at radius 2 is 1.93 bits per heavy atom. The molecule has 1 aromatic heterocycles. The second-order valence-corrected chi connectivity index (χ2v) is 4.99. The zero-order valence-electron chi connectivity index (χ0n) is 10.0. The smallest absolute Gasteiger partial charge is 0.129 e. The lowest BCUT2D eigenvalue weighted by Crippen LogP contribution is -2.37. The summed E-state index contributed by atoms with van der Waals surface area (Å²) in [5.41, 5.74) is 0.242. The molecule has 0 bridgehead atoms. The Morgan fingerprint density at radius 3 is 2.40 bits per heavy atom. The van der Waals surface area contributed by atoms with Crippen molar-refractivity contribution in [1.82, 2.24) is 5.32 Å². The maximum absolute atomic E-state index is 8.84. The first-order chi connectivity index (χ1) is 6.93. The van der Waals surface area contributed by atoms with Gasteiger partial charge in [0.2, 0.25) is 0 Å². The number of hydrogen-bond acceptors (Lipinski definition) is 3. The number of aliphatic hydroxyl groups is 1. The van der Waals surface area contributed by atoms with Crippen molar-refractivity contribution in [3.05, 3.63) is 23.7 Å². The van der Waals surface area contributed by atoms with E-state index in [1.54, 1.807) is 6.07 Å². The van der Waals surface area contributed by atoms with Gasteiger partial charge in [0.15, 0.2) is 0 Å². The maximum Gasteiger partial charge on any atom is 0.129 e. The minimum Gasteiger partial charge on any atom is -0.462 e. The molecule has 1 heterocycles. The molecule has 0 fully saturated rings. The van der Waals surface area contributed by atoms with Crippen molar-refractivity contribution in [3.63, 3.8) is 0 Å². The highest BCUT2D eigenvalue weighted by molar-refractivity contribution is 5.06. The molecule has 0 saturated heterocycles. The monoisotopic (exact) mass is 211 g/mol. The van der Waals surface area contributed by atoms with Crippen LogP contribution in [0.3, 0.4) is 0 Å². The van der Waals surface area contributed by atoms with Crippen molar-refractivity contribution in [2.45, 2.75) is 46.9 Å². The maximum atomic E-state index is 8.84. The van der Waals surface area contributed by atoms with Crippen LogP contribution in [-0.4, -0.2) is 11.1 Å². The summed E-state index contributed by atoms with van der Waals surface area (Å²) in [5, 5.41) is 12.2. The number of furan rings is 1. The second kappa shape index (κ2) is 4.81. The van der Waals surface area contributed by atoms with Gasteiger partial charge in [-0.25, -0.2) is 0 Å². The SMILES string of the molecule is CC(NCc1ccc(CO)o1)C(C)(C)C. The van der Waals surface area contributed by atoms with Crippen molar-refractivity contribution < 1.29 is 9.52 Å². The fraction of sp³-hybridized carbons (Fsp3) is 0.667. The van der Waals surface area contributed by atoms with Gasteiger partial charge in [-0.05, 0) is 24.5 Å². The first-order valence-corrected chi connectivity index (χ1v) is 5.35. The fourth-order valence-corrected chi connectivity index (χ4v) is 1.16. The molecule has 0 aromatic carbocycles. The zero-order chi connectivity index (χ0) is 11.5. The van der Waals surface area contributed by atoms with E-state index < -0.39 is 0 Å².